The van der Waals surface area contributed by atoms with E-state index in [4.69, 9.17) is 0 Å². The van der Waals surface area contributed by atoms with Crippen LogP contribution < -0.4 is 4.46 Å². The molecule has 3 aromatic rings. The van der Waals surface area contributed by atoms with E-state index >= 15 is 0 Å². The number of hydrogen-bond donors (Lipinski definition) is 0. The molecule has 0 saturated carbocycles. The number of hydrogen-bond acceptors (Lipinski definition) is 0. The van der Waals surface area contributed by atoms with Crippen molar-refractivity contribution < 1.29 is 0 Å². The molecule has 0 aliphatic carbocycles. The van der Waals surface area contributed by atoms with E-state index in [1.807, 2.05) is 0 Å². The van der Waals surface area contributed by atoms with Gasteiger partial charge >= 0.3 is 158 Å². The molecule has 0 nitrogen and oxygen atoms in total. The number of allylic oxidation sites excluding steroid dienone is 1. The van der Waals surface area contributed by atoms with Crippen molar-refractivity contribution in [2.24, 2.45) is 0 Å². The molecule has 0 aliphatic rings. The minimum absolute atomic E-state index is 0.459. The average Bonchev–Trinajstić information content (AvgIpc) is 2.63. The minimum atomic E-state index is 0.459. The third-order valence-corrected chi connectivity index (χ3v) is 6.58. The molecule has 0 bridgehead atoms. The second-order valence-corrected chi connectivity index (χ2v) is 8.71. The maximum atomic E-state index is 2.38. The Kier molecular flexibility index (Phi) is 6.28. The monoisotopic (exact) mass is 392 g/mol. The third-order valence-electron chi connectivity index (χ3n) is 4.21. The summed E-state index contributed by atoms with van der Waals surface area (Å²) in [5, 5.41) is 1.18. The molecule has 0 spiro atoms. The molecule has 1 heteroatoms. The van der Waals surface area contributed by atoms with E-state index in [0.717, 1.165) is 0 Å². The van der Waals surface area contributed by atoms with Crippen molar-refractivity contribution in [3.63, 3.8) is 0 Å². The van der Waals surface area contributed by atoms with Crippen molar-refractivity contribution in [1.82, 2.24) is 0 Å². The van der Waals surface area contributed by atoms with Gasteiger partial charge in [-0.25, -0.2) is 0 Å². The summed E-state index contributed by atoms with van der Waals surface area (Å²) in [6, 6.07) is 28.5. The van der Waals surface area contributed by atoms with Crippen LogP contribution in [0.25, 0.3) is 6.08 Å². The predicted molar refractivity (Wildman–Crippen MR) is 111 cm³/mol. The summed E-state index contributed by atoms with van der Waals surface area (Å²) in [5.74, 6) is 0.459. The summed E-state index contributed by atoms with van der Waals surface area (Å²) in [6.45, 7) is 4.32. The van der Waals surface area contributed by atoms with Gasteiger partial charge < -0.3 is 0 Å². The Morgan fingerprint density at radius 2 is 1.52 bits per heavy atom. The van der Waals surface area contributed by atoms with Crippen LogP contribution in [0.15, 0.2) is 84.9 Å². The molecule has 0 amide bonds. The molecule has 0 aromatic heterocycles. The standard InChI is InChI=1S/C24H24Se/c1-19-8-6-10-21(16-19)14-15-23(22-11-7-9-20(2)17-22)18-25-24-12-4-3-5-13-24/h3-17,23H,18H2,1-2H3/b15-14+. The zero-order chi connectivity index (χ0) is 17.5. The van der Waals surface area contributed by atoms with Crippen molar-refractivity contribution >= 4 is 25.5 Å². The molecule has 1 unspecified atom stereocenters. The molecular weight excluding hydrogens is 367 g/mol. The molecule has 1 atom stereocenters. The van der Waals surface area contributed by atoms with Crippen molar-refractivity contribution in [2.45, 2.75) is 25.1 Å². The van der Waals surface area contributed by atoms with Crippen LogP contribution in [0.1, 0.15) is 28.2 Å². The molecule has 0 saturated heterocycles. The Balaban J connectivity index is 1.81. The van der Waals surface area contributed by atoms with Gasteiger partial charge in [0, 0.05) is 0 Å². The number of benzene rings is 3. The summed E-state index contributed by atoms with van der Waals surface area (Å²) < 4.78 is 1.47. The van der Waals surface area contributed by atoms with E-state index in [9.17, 15) is 0 Å². The number of aryl methyl sites for hydroxylation is 2. The van der Waals surface area contributed by atoms with Crippen LogP contribution in [-0.2, 0) is 0 Å². The van der Waals surface area contributed by atoms with Crippen molar-refractivity contribution in [2.75, 3.05) is 0 Å². The molecule has 0 fully saturated rings. The van der Waals surface area contributed by atoms with Gasteiger partial charge in [-0.1, -0.05) is 0 Å². The first-order chi connectivity index (χ1) is 12.2. The fraction of sp³-hybridized carbons (Fsp3) is 0.167. The van der Waals surface area contributed by atoms with E-state index in [1.54, 1.807) is 0 Å². The first-order valence-electron chi connectivity index (χ1n) is 8.70. The SMILES string of the molecule is Cc1cccc(/C=C/C(C[Se]c2ccccc2)c2cccc(C)c2)c1. The van der Waals surface area contributed by atoms with Gasteiger partial charge in [-0.3, -0.25) is 0 Å². The van der Waals surface area contributed by atoms with Gasteiger partial charge in [-0.15, -0.1) is 0 Å². The van der Waals surface area contributed by atoms with Gasteiger partial charge in [-0.2, -0.15) is 0 Å². The van der Waals surface area contributed by atoms with Gasteiger partial charge in [0.15, 0.2) is 0 Å². The summed E-state index contributed by atoms with van der Waals surface area (Å²) in [5.41, 5.74) is 5.34. The first-order valence-corrected chi connectivity index (χ1v) is 10.8. The van der Waals surface area contributed by atoms with Gasteiger partial charge in [0.05, 0.1) is 0 Å². The van der Waals surface area contributed by atoms with Crippen LogP contribution in [0.4, 0.5) is 0 Å². The molecule has 0 radical (unpaired) electrons. The average molecular weight is 391 g/mol. The van der Waals surface area contributed by atoms with Gasteiger partial charge in [0.1, 0.15) is 0 Å². The van der Waals surface area contributed by atoms with Crippen LogP contribution in [0.2, 0.25) is 5.32 Å². The van der Waals surface area contributed by atoms with Gasteiger partial charge in [0.25, 0.3) is 0 Å². The molecule has 3 aromatic carbocycles. The second kappa shape index (κ2) is 8.85. The Hall–Kier alpha value is -2.08. The molecule has 0 aliphatic heterocycles. The Bertz CT molecular complexity index is 833. The van der Waals surface area contributed by atoms with Crippen LogP contribution >= 0.6 is 0 Å². The fourth-order valence-electron chi connectivity index (χ4n) is 2.87. The summed E-state index contributed by atoms with van der Waals surface area (Å²) in [7, 11) is 0. The van der Waals surface area contributed by atoms with Gasteiger partial charge in [0.2, 0.25) is 0 Å². The van der Waals surface area contributed by atoms with Crippen LogP contribution in [0.5, 0.6) is 0 Å². The van der Waals surface area contributed by atoms with Crippen LogP contribution in [0.3, 0.4) is 0 Å². The molecule has 3 rings (SSSR count). The first kappa shape index (κ1) is 17.7. The Labute approximate surface area is 157 Å². The van der Waals surface area contributed by atoms with Crippen LogP contribution in [-0.4, -0.2) is 15.0 Å². The summed E-state index contributed by atoms with van der Waals surface area (Å²) >= 11 is 0.479. The van der Waals surface area contributed by atoms with E-state index in [1.165, 1.54) is 32.0 Å². The van der Waals surface area contributed by atoms with E-state index in [0.29, 0.717) is 20.9 Å². The Morgan fingerprint density at radius 3 is 2.24 bits per heavy atom. The normalized spacial score (nSPS) is 12.4. The molecule has 0 N–H and O–H groups in total. The third kappa shape index (κ3) is 5.46. The predicted octanol–water partition coefficient (Wildman–Crippen LogP) is 5.55. The van der Waals surface area contributed by atoms with Crippen molar-refractivity contribution in [3.8, 4) is 0 Å². The Morgan fingerprint density at radius 1 is 0.800 bits per heavy atom. The zero-order valence-corrected chi connectivity index (χ0v) is 16.6. The van der Waals surface area contributed by atoms with Gasteiger partial charge in [-0.05, 0) is 0 Å². The molecule has 126 valence electrons. The zero-order valence-electron chi connectivity index (χ0n) is 14.9. The summed E-state index contributed by atoms with van der Waals surface area (Å²) in [4.78, 5) is 0. The molecule has 25 heavy (non-hydrogen) atoms. The topological polar surface area (TPSA) is 0 Å². The number of rotatable bonds is 6. The van der Waals surface area contributed by atoms with E-state index in [-0.39, 0.29) is 0 Å². The van der Waals surface area contributed by atoms with Crippen LogP contribution in [0, 0.1) is 13.8 Å². The van der Waals surface area contributed by atoms with Crippen molar-refractivity contribution in [1.29, 1.82) is 0 Å². The van der Waals surface area contributed by atoms with E-state index < -0.39 is 0 Å². The molecular formula is C24H24Se. The fourth-order valence-corrected chi connectivity index (χ4v) is 5.02. The molecule has 0 heterocycles. The maximum absolute atomic E-state index is 2.38. The summed E-state index contributed by atoms with van der Waals surface area (Å²) in [6.07, 6.45) is 4.66. The van der Waals surface area contributed by atoms with E-state index in [2.05, 4.69) is 105 Å². The quantitative estimate of drug-likeness (QED) is 0.484. The van der Waals surface area contributed by atoms with Crippen molar-refractivity contribution in [3.05, 3.63) is 107 Å². The second-order valence-electron chi connectivity index (χ2n) is 6.42.